The first kappa shape index (κ1) is 12.1. The molecule has 0 radical (unpaired) electrons. The summed E-state index contributed by atoms with van der Waals surface area (Å²) >= 11 is 1.55. The Bertz CT molecular complexity index is 346. The molecule has 13 heavy (non-hydrogen) atoms. The lowest BCUT2D eigenvalue weighted by molar-refractivity contribution is 0.824. The zero-order valence-electron chi connectivity index (χ0n) is 6.65. The highest BCUT2D eigenvalue weighted by atomic mass is 35.5. The average molecular weight is 220 g/mol. The van der Waals surface area contributed by atoms with Crippen molar-refractivity contribution in [3.05, 3.63) is 24.3 Å². The Morgan fingerprint density at radius 1 is 1.31 bits per heavy atom. The van der Waals surface area contributed by atoms with Crippen LogP contribution in [0.2, 0.25) is 0 Å². The Morgan fingerprint density at radius 2 is 2.00 bits per heavy atom. The number of nitrogen functional groups attached to an aromatic ring is 1. The molecule has 0 aliphatic rings. The first-order valence-electron chi connectivity index (χ1n) is 3.22. The van der Waals surface area contributed by atoms with E-state index in [9.17, 15) is 0 Å². The number of para-hydroxylation sites is 1. The lowest BCUT2D eigenvalue weighted by Gasteiger charge is -1.85. The Morgan fingerprint density at radius 3 is 2.62 bits per heavy atom. The van der Waals surface area contributed by atoms with Gasteiger partial charge in [-0.1, -0.05) is 23.5 Å². The topological polar surface area (TPSA) is 82.4 Å². The normalized spacial score (nSPS) is 8.69. The lowest BCUT2D eigenvalue weighted by atomic mass is 10.3. The second-order valence-corrected chi connectivity index (χ2v) is 3.16. The fraction of sp³-hybridized carbons (Fsp3) is 0. The van der Waals surface area contributed by atoms with Crippen molar-refractivity contribution in [2.75, 3.05) is 5.43 Å². The Kier molecular flexibility index (Phi) is 4.64. The third-order valence-electron chi connectivity index (χ3n) is 1.42. The quantitative estimate of drug-likeness (QED) is 0.558. The molecular formula is C7H10ClN3OS. The van der Waals surface area contributed by atoms with Crippen molar-refractivity contribution in [1.82, 2.24) is 4.98 Å². The lowest BCUT2D eigenvalue weighted by Crippen LogP contribution is -2.05. The van der Waals surface area contributed by atoms with Crippen molar-refractivity contribution in [2.45, 2.75) is 0 Å². The average Bonchev–Trinajstić information content (AvgIpc) is 2.46. The van der Waals surface area contributed by atoms with Gasteiger partial charge in [-0.3, -0.25) is 5.43 Å². The summed E-state index contributed by atoms with van der Waals surface area (Å²) in [6.45, 7) is 0. The van der Waals surface area contributed by atoms with E-state index in [0.717, 1.165) is 15.3 Å². The summed E-state index contributed by atoms with van der Waals surface area (Å²) in [6, 6.07) is 7.93. The van der Waals surface area contributed by atoms with Gasteiger partial charge < -0.3 is 5.48 Å². The molecule has 4 nitrogen and oxygen atoms in total. The number of hydrogen-bond acceptors (Lipinski definition) is 4. The van der Waals surface area contributed by atoms with E-state index in [-0.39, 0.29) is 17.9 Å². The Hall–Kier alpha value is -0.880. The molecule has 2 rings (SSSR count). The Labute approximate surface area is 85.5 Å². The molecule has 5 N–H and O–H groups in total. The van der Waals surface area contributed by atoms with Crippen LogP contribution in [-0.4, -0.2) is 10.5 Å². The second-order valence-electron chi connectivity index (χ2n) is 2.13. The van der Waals surface area contributed by atoms with Gasteiger partial charge in [0.15, 0.2) is 5.13 Å². The van der Waals surface area contributed by atoms with E-state index in [2.05, 4.69) is 10.4 Å². The predicted octanol–water partition coefficient (Wildman–Crippen LogP) is 1.18. The number of aromatic nitrogens is 1. The standard InChI is InChI=1S/C7H7N3S.ClH.H2O/c8-10-7-9-5-3-1-2-4-6(5)11-7;;/h1-4H,8H2,(H,9,10);1H;1H2. The van der Waals surface area contributed by atoms with E-state index in [1.54, 1.807) is 11.3 Å². The summed E-state index contributed by atoms with van der Waals surface area (Å²) in [6.07, 6.45) is 0. The van der Waals surface area contributed by atoms with Gasteiger partial charge in [0.2, 0.25) is 0 Å². The molecule has 1 aromatic carbocycles. The molecule has 0 saturated carbocycles. The van der Waals surface area contributed by atoms with Crippen LogP contribution in [0.25, 0.3) is 10.2 Å². The van der Waals surface area contributed by atoms with Crippen LogP contribution in [0, 0.1) is 0 Å². The zero-order chi connectivity index (χ0) is 7.68. The highest BCUT2D eigenvalue weighted by Crippen LogP contribution is 2.24. The summed E-state index contributed by atoms with van der Waals surface area (Å²) in [5.74, 6) is 5.21. The number of fused-ring (bicyclic) bond motifs is 1. The van der Waals surface area contributed by atoms with Gasteiger partial charge in [0.25, 0.3) is 0 Å². The largest absolute Gasteiger partial charge is 0.412 e. The number of anilines is 1. The van der Waals surface area contributed by atoms with Crippen molar-refractivity contribution < 1.29 is 5.48 Å². The fourth-order valence-corrected chi connectivity index (χ4v) is 1.71. The summed E-state index contributed by atoms with van der Waals surface area (Å²) in [4.78, 5) is 4.21. The minimum atomic E-state index is 0. The third kappa shape index (κ3) is 2.28. The van der Waals surface area contributed by atoms with Crippen molar-refractivity contribution in [3.63, 3.8) is 0 Å². The van der Waals surface area contributed by atoms with Gasteiger partial charge in [-0.15, -0.1) is 12.4 Å². The van der Waals surface area contributed by atoms with Crippen molar-refractivity contribution in [1.29, 1.82) is 0 Å². The van der Waals surface area contributed by atoms with Crippen LogP contribution in [0.4, 0.5) is 5.13 Å². The molecule has 6 heteroatoms. The number of rotatable bonds is 1. The van der Waals surface area contributed by atoms with Gasteiger partial charge in [-0.25, -0.2) is 10.8 Å². The number of halogens is 1. The zero-order valence-corrected chi connectivity index (χ0v) is 8.28. The van der Waals surface area contributed by atoms with Gasteiger partial charge in [0, 0.05) is 0 Å². The molecular weight excluding hydrogens is 210 g/mol. The van der Waals surface area contributed by atoms with Crippen molar-refractivity contribution in [3.8, 4) is 0 Å². The SMILES string of the molecule is Cl.NNc1nc2ccccc2s1.O. The number of nitrogens with one attached hydrogen (secondary N) is 1. The molecule has 0 amide bonds. The monoisotopic (exact) mass is 219 g/mol. The maximum atomic E-state index is 5.21. The molecule has 1 heterocycles. The number of nitrogens with zero attached hydrogens (tertiary/aromatic N) is 1. The van der Waals surface area contributed by atoms with Gasteiger partial charge in [-0.05, 0) is 12.1 Å². The molecule has 1 aromatic heterocycles. The van der Waals surface area contributed by atoms with Gasteiger partial charge in [-0.2, -0.15) is 0 Å². The molecule has 0 atom stereocenters. The number of nitrogens with two attached hydrogens (primary N) is 1. The summed E-state index contributed by atoms with van der Waals surface area (Å²) < 4.78 is 1.15. The van der Waals surface area contributed by atoms with Gasteiger partial charge >= 0.3 is 0 Å². The van der Waals surface area contributed by atoms with Crippen LogP contribution >= 0.6 is 23.7 Å². The summed E-state index contributed by atoms with van der Waals surface area (Å²) in [7, 11) is 0. The first-order chi connectivity index (χ1) is 5.40. The Balaban J connectivity index is 0.000000720. The van der Waals surface area contributed by atoms with E-state index >= 15 is 0 Å². The van der Waals surface area contributed by atoms with Crippen molar-refractivity contribution in [2.24, 2.45) is 5.84 Å². The maximum absolute atomic E-state index is 5.21. The number of hydrogen-bond donors (Lipinski definition) is 2. The molecule has 0 bridgehead atoms. The van der Waals surface area contributed by atoms with Gasteiger partial charge in [0.1, 0.15) is 0 Å². The molecule has 72 valence electrons. The molecule has 0 aliphatic carbocycles. The van der Waals surface area contributed by atoms with E-state index in [1.165, 1.54) is 0 Å². The van der Waals surface area contributed by atoms with E-state index in [1.807, 2.05) is 24.3 Å². The number of benzene rings is 1. The van der Waals surface area contributed by atoms with Crippen LogP contribution in [-0.2, 0) is 0 Å². The summed E-state index contributed by atoms with van der Waals surface area (Å²) in [5, 5.41) is 0.756. The highest BCUT2D eigenvalue weighted by Gasteiger charge is 1.98. The molecule has 0 spiro atoms. The maximum Gasteiger partial charge on any atom is 0.198 e. The highest BCUT2D eigenvalue weighted by molar-refractivity contribution is 7.22. The third-order valence-corrected chi connectivity index (χ3v) is 2.38. The number of hydrazine groups is 1. The number of thiazole rings is 1. The first-order valence-corrected chi connectivity index (χ1v) is 4.04. The molecule has 2 aromatic rings. The van der Waals surface area contributed by atoms with Crippen molar-refractivity contribution >= 4 is 39.1 Å². The minimum absolute atomic E-state index is 0. The van der Waals surface area contributed by atoms with E-state index in [4.69, 9.17) is 5.84 Å². The smallest absolute Gasteiger partial charge is 0.198 e. The van der Waals surface area contributed by atoms with Crippen LogP contribution in [0.1, 0.15) is 0 Å². The molecule has 0 fully saturated rings. The summed E-state index contributed by atoms with van der Waals surface area (Å²) in [5.41, 5.74) is 3.51. The van der Waals surface area contributed by atoms with Crippen LogP contribution in [0.3, 0.4) is 0 Å². The fourth-order valence-electron chi connectivity index (χ4n) is 0.934. The van der Waals surface area contributed by atoms with Crippen LogP contribution in [0.15, 0.2) is 24.3 Å². The molecule has 0 aliphatic heterocycles. The van der Waals surface area contributed by atoms with Gasteiger partial charge in [0.05, 0.1) is 10.2 Å². The minimum Gasteiger partial charge on any atom is -0.412 e. The van der Waals surface area contributed by atoms with E-state index < -0.39 is 0 Å². The predicted molar refractivity (Wildman–Crippen MR) is 58.3 cm³/mol. The second kappa shape index (κ2) is 4.98. The molecule has 0 saturated heterocycles. The van der Waals surface area contributed by atoms with Crippen LogP contribution < -0.4 is 11.3 Å². The van der Waals surface area contributed by atoms with Crippen LogP contribution in [0.5, 0.6) is 0 Å². The molecule has 0 unspecified atom stereocenters. The van der Waals surface area contributed by atoms with E-state index in [0.29, 0.717) is 0 Å².